The molecule has 57 heavy (non-hydrogen) atoms. The molecule has 0 amide bonds. The van der Waals surface area contributed by atoms with Crippen LogP contribution in [0.15, 0.2) is 200 Å². The van der Waals surface area contributed by atoms with Crippen molar-refractivity contribution in [2.45, 2.75) is 0 Å². The van der Waals surface area contributed by atoms with Gasteiger partial charge in [-0.1, -0.05) is 140 Å². The third-order valence-corrected chi connectivity index (χ3v) is 10.8. The highest BCUT2D eigenvalue weighted by molar-refractivity contribution is 6.14. The molecule has 11 rings (SSSR count). The molecule has 0 fully saturated rings. The number of pyridine rings is 1. The number of benzene rings is 8. The summed E-state index contributed by atoms with van der Waals surface area (Å²) >= 11 is 0. The molecule has 3 heterocycles. The molecule has 0 aliphatic heterocycles. The van der Waals surface area contributed by atoms with E-state index in [0.29, 0.717) is 17.5 Å². The van der Waals surface area contributed by atoms with Crippen LogP contribution >= 0.6 is 0 Å². The molecule has 0 atom stereocenters. The first-order valence-corrected chi connectivity index (χ1v) is 19.1. The predicted octanol–water partition coefficient (Wildman–Crippen LogP) is 13.0. The summed E-state index contributed by atoms with van der Waals surface area (Å²) in [7, 11) is 0. The van der Waals surface area contributed by atoms with E-state index in [1.54, 1.807) is 0 Å². The smallest absolute Gasteiger partial charge is 0.164 e. The van der Waals surface area contributed by atoms with E-state index in [1.807, 2.05) is 54.7 Å². The minimum absolute atomic E-state index is 0.614. The highest BCUT2D eigenvalue weighted by Gasteiger charge is 2.19. The molecule has 11 aromatic rings. The zero-order chi connectivity index (χ0) is 37.7. The van der Waals surface area contributed by atoms with Gasteiger partial charge >= 0.3 is 0 Å². The highest BCUT2D eigenvalue weighted by atomic mass is 15.1. The van der Waals surface area contributed by atoms with Crippen LogP contribution < -0.4 is 0 Å². The van der Waals surface area contributed by atoms with Crippen molar-refractivity contribution in [2.75, 3.05) is 0 Å². The summed E-state index contributed by atoms with van der Waals surface area (Å²) in [6, 6.07) is 68.1. The van der Waals surface area contributed by atoms with Crippen molar-refractivity contribution in [1.82, 2.24) is 24.5 Å². The standard InChI is InChI=1S/C52H33N5/c1-3-15-34(16-4-1)50-54-51(35-17-5-2-6-18-35)56-52(55-50)41-31-39(30-40(32-41)49-42-21-9-7-19-37(42)29-38-20-8-10-22-43(38)49)36-26-27-47-45(33-36)44-23-11-12-24-46(44)57(47)48-25-13-14-28-53-48/h1-33H. The summed E-state index contributed by atoms with van der Waals surface area (Å²) < 4.78 is 2.25. The topological polar surface area (TPSA) is 56.5 Å². The number of fused-ring (bicyclic) bond motifs is 5. The number of hydrogen-bond donors (Lipinski definition) is 0. The zero-order valence-electron chi connectivity index (χ0n) is 30.8. The van der Waals surface area contributed by atoms with Crippen LogP contribution in [-0.4, -0.2) is 24.5 Å². The van der Waals surface area contributed by atoms with E-state index in [1.165, 1.54) is 32.5 Å². The zero-order valence-corrected chi connectivity index (χ0v) is 30.8. The molecule has 0 saturated carbocycles. The van der Waals surface area contributed by atoms with Gasteiger partial charge in [0.15, 0.2) is 17.5 Å². The molecule has 266 valence electrons. The van der Waals surface area contributed by atoms with Gasteiger partial charge < -0.3 is 0 Å². The van der Waals surface area contributed by atoms with Crippen LogP contribution in [0.2, 0.25) is 0 Å². The summed E-state index contributed by atoms with van der Waals surface area (Å²) in [5.74, 6) is 2.77. The van der Waals surface area contributed by atoms with E-state index >= 15 is 0 Å². The third-order valence-electron chi connectivity index (χ3n) is 10.8. The van der Waals surface area contributed by atoms with Gasteiger partial charge in [0, 0.05) is 33.7 Å². The Morgan fingerprint density at radius 2 is 0.842 bits per heavy atom. The van der Waals surface area contributed by atoms with Crippen LogP contribution in [0.5, 0.6) is 0 Å². The lowest BCUT2D eigenvalue weighted by atomic mass is 9.89. The van der Waals surface area contributed by atoms with Gasteiger partial charge in [-0.25, -0.2) is 19.9 Å². The lowest BCUT2D eigenvalue weighted by Crippen LogP contribution is -2.00. The molecule has 0 saturated heterocycles. The van der Waals surface area contributed by atoms with E-state index in [9.17, 15) is 0 Å². The molecular weight excluding hydrogens is 695 g/mol. The van der Waals surface area contributed by atoms with Gasteiger partial charge in [0.25, 0.3) is 0 Å². The van der Waals surface area contributed by atoms with Crippen molar-refractivity contribution in [3.05, 3.63) is 200 Å². The Hall–Kier alpha value is -7.76. The van der Waals surface area contributed by atoms with Crippen molar-refractivity contribution in [3.63, 3.8) is 0 Å². The van der Waals surface area contributed by atoms with Gasteiger partial charge in [0.2, 0.25) is 0 Å². The van der Waals surface area contributed by atoms with Gasteiger partial charge in [-0.15, -0.1) is 0 Å². The predicted molar refractivity (Wildman–Crippen MR) is 234 cm³/mol. The minimum Gasteiger partial charge on any atom is -0.294 e. The fourth-order valence-electron chi connectivity index (χ4n) is 8.22. The second-order valence-corrected chi connectivity index (χ2v) is 14.3. The molecule has 0 unspecified atom stereocenters. The van der Waals surface area contributed by atoms with Gasteiger partial charge in [-0.05, 0) is 98.4 Å². The van der Waals surface area contributed by atoms with Crippen molar-refractivity contribution in [3.8, 4) is 62.2 Å². The Morgan fingerprint density at radius 3 is 1.49 bits per heavy atom. The van der Waals surface area contributed by atoms with Crippen LogP contribution in [-0.2, 0) is 0 Å². The van der Waals surface area contributed by atoms with Crippen LogP contribution in [0.3, 0.4) is 0 Å². The van der Waals surface area contributed by atoms with Crippen molar-refractivity contribution < 1.29 is 0 Å². The first-order valence-electron chi connectivity index (χ1n) is 19.1. The highest BCUT2D eigenvalue weighted by Crippen LogP contribution is 2.41. The molecule has 0 spiro atoms. The van der Waals surface area contributed by atoms with Crippen molar-refractivity contribution in [1.29, 1.82) is 0 Å². The molecule has 3 aromatic heterocycles. The number of para-hydroxylation sites is 1. The molecular formula is C52H33N5. The first-order chi connectivity index (χ1) is 28.2. The molecule has 0 N–H and O–H groups in total. The molecule has 0 bridgehead atoms. The monoisotopic (exact) mass is 727 g/mol. The summed E-state index contributed by atoms with van der Waals surface area (Å²) in [6.45, 7) is 0. The Labute approximate surface area is 329 Å². The SMILES string of the molecule is c1ccc(-c2nc(-c3ccccc3)nc(-c3cc(-c4ccc5c(c4)c4ccccc4n5-c4ccccn4)cc(-c4c5ccccc5cc5ccccc45)c3)n2)cc1. The maximum Gasteiger partial charge on any atom is 0.164 e. The van der Waals surface area contributed by atoms with Crippen molar-refractivity contribution >= 4 is 43.4 Å². The third kappa shape index (κ3) is 5.72. The molecule has 5 nitrogen and oxygen atoms in total. The van der Waals surface area contributed by atoms with Crippen molar-refractivity contribution in [2.24, 2.45) is 0 Å². The summed E-state index contributed by atoms with van der Waals surface area (Å²) in [6.07, 6.45) is 1.85. The van der Waals surface area contributed by atoms with E-state index in [2.05, 4.69) is 150 Å². The average Bonchev–Trinajstić information content (AvgIpc) is 3.62. The van der Waals surface area contributed by atoms with Crippen LogP contribution in [0.25, 0.3) is 106 Å². The quantitative estimate of drug-likeness (QED) is 0.160. The lowest BCUT2D eigenvalue weighted by molar-refractivity contribution is 1.07. The first kappa shape index (κ1) is 32.7. The maximum absolute atomic E-state index is 5.19. The minimum atomic E-state index is 0.614. The Bertz CT molecular complexity index is 3170. The summed E-state index contributed by atoms with van der Waals surface area (Å²) in [5.41, 5.74) is 9.44. The molecule has 5 heteroatoms. The van der Waals surface area contributed by atoms with E-state index < -0.39 is 0 Å². The van der Waals surface area contributed by atoms with E-state index in [4.69, 9.17) is 19.9 Å². The molecule has 0 aliphatic rings. The average molecular weight is 728 g/mol. The maximum atomic E-state index is 5.19. The normalized spacial score (nSPS) is 11.5. The van der Waals surface area contributed by atoms with Gasteiger partial charge in [0.1, 0.15) is 5.82 Å². The van der Waals surface area contributed by atoms with E-state index in [0.717, 1.165) is 55.6 Å². The number of rotatable bonds is 6. The Balaban J connectivity index is 1.20. The Kier molecular flexibility index (Phi) is 7.74. The second-order valence-electron chi connectivity index (χ2n) is 14.3. The number of aromatic nitrogens is 5. The van der Waals surface area contributed by atoms with Gasteiger partial charge in [-0.2, -0.15) is 0 Å². The fourth-order valence-corrected chi connectivity index (χ4v) is 8.22. The van der Waals surface area contributed by atoms with Crippen LogP contribution in [0.4, 0.5) is 0 Å². The number of nitrogens with zero attached hydrogens (tertiary/aromatic N) is 5. The lowest BCUT2D eigenvalue weighted by Gasteiger charge is -2.16. The second kappa shape index (κ2) is 13.5. The Morgan fingerprint density at radius 1 is 0.316 bits per heavy atom. The largest absolute Gasteiger partial charge is 0.294 e. The van der Waals surface area contributed by atoms with Crippen LogP contribution in [0.1, 0.15) is 0 Å². The van der Waals surface area contributed by atoms with Crippen LogP contribution in [0, 0.1) is 0 Å². The number of hydrogen-bond acceptors (Lipinski definition) is 4. The molecule has 0 aliphatic carbocycles. The van der Waals surface area contributed by atoms with Gasteiger partial charge in [-0.3, -0.25) is 4.57 Å². The molecule has 8 aromatic carbocycles. The summed E-state index contributed by atoms with van der Waals surface area (Å²) in [5, 5.41) is 7.11. The molecule has 0 radical (unpaired) electrons. The van der Waals surface area contributed by atoms with E-state index in [-0.39, 0.29) is 0 Å². The van der Waals surface area contributed by atoms with Gasteiger partial charge in [0.05, 0.1) is 11.0 Å². The summed E-state index contributed by atoms with van der Waals surface area (Å²) in [4.78, 5) is 20.1. The fraction of sp³-hybridized carbons (Fsp3) is 0.